The van der Waals surface area contributed by atoms with Gasteiger partial charge in [-0.3, -0.25) is 19.0 Å². The smallest absolute Gasteiger partial charge is 0.265 e. The van der Waals surface area contributed by atoms with Crippen LogP contribution in [0.2, 0.25) is 0 Å². The molecule has 0 atom stereocenters. The summed E-state index contributed by atoms with van der Waals surface area (Å²) in [5, 5.41) is 4.16. The van der Waals surface area contributed by atoms with Gasteiger partial charge in [-0.25, -0.2) is 0 Å². The predicted octanol–water partition coefficient (Wildman–Crippen LogP) is 7.06. The fourth-order valence-electron chi connectivity index (χ4n) is 5.61. The summed E-state index contributed by atoms with van der Waals surface area (Å²) in [7, 11) is 1.47. The van der Waals surface area contributed by atoms with E-state index in [9.17, 15) is 14.4 Å². The van der Waals surface area contributed by atoms with E-state index in [2.05, 4.69) is 29.6 Å². The number of hydrogen-bond acceptors (Lipinski definition) is 5. The number of benzene rings is 4. The van der Waals surface area contributed by atoms with Gasteiger partial charge in [0.25, 0.3) is 11.5 Å². The lowest BCUT2D eigenvalue weighted by atomic mass is 9.88. The molecule has 0 saturated carbocycles. The predicted molar refractivity (Wildman–Crippen MR) is 173 cm³/mol. The molecule has 0 radical (unpaired) electrons. The Bertz CT molecular complexity index is 1930. The quantitative estimate of drug-likeness (QED) is 0.174. The highest BCUT2D eigenvalue weighted by Gasteiger charge is 2.26. The number of aromatic nitrogens is 1. The fraction of sp³-hybridized carbons (Fsp3) is 0.139. The second-order valence-electron chi connectivity index (χ2n) is 10.3. The number of Topliss-reactive ketones (excluding diaryl/α,β-unsaturated/α-hetero) is 1. The first-order chi connectivity index (χ1) is 21.1. The molecular weight excluding hydrogens is 556 g/mol. The zero-order valence-electron chi connectivity index (χ0n) is 23.7. The average Bonchev–Trinajstić information content (AvgIpc) is 3.46. The minimum atomic E-state index is -0.363. The summed E-state index contributed by atoms with van der Waals surface area (Å²) in [5.41, 5.74) is 3.16. The number of hydrogen-bond donors (Lipinski definition) is 1. The summed E-state index contributed by atoms with van der Waals surface area (Å²) in [6, 6.07) is 36.9. The molecule has 1 N–H and O–H groups in total. The van der Waals surface area contributed by atoms with E-state index < -0.39 is 0 Å². The number of rotatable bonds is 10. The van der Waals surface area contributed by atoms with Gasteiger partial charge in [-0.2, -0.15) is 0 Å². The molecule has 6 aromatic rings. The Balaban J connectivity index is 1.33. The summed E-state index contributed by atoms with van der Waals surface area (Å²) in [6.07, 6.45) is 0.699. The number of carbonyl (C=O) groups is 2. The monoisotopic (exact) mass is 586 g/mol. The Morgan fingerprint density at radius 1 is 0.814 bits per heavy atom. The number of methoxy groups -OCH3 is 1. The van der Waals surface area contributed by atoms with Gasteiger partial charge in [0.05, 0.1) is 23.9 Å². The first-order valence-corrected chi connectivity index (χ1v) is 15.0. The summed E-state index contributed by atoms with van der Waals surface area (Å²) >= 11 is 1.24. The van der Waals surface area contributed by atoms with Crippen molar-refractivity contribution in [2.75, 3.05) is 13.7 Å². The van der Waals surface area contributed by atoms with Crippen LogP contribution in [0.3, 0.4) is 0 Å². The van der Waals surface area contributed by atoms with Crippen molar-refractivity contribution in [2.45, 2.75) is 18.9 Å². The van der Waals surface area contributed by atoms with Crippen molar-refractivity contribution in [3.8, 4) is 5.75 Å². The van der Waals surface area contributed by atoms with Crippen LogP contribution in [0.25, 0.3) is 21.0 Å². The molecule has 0 spiro atoms. The van der Waals surface area contributed by atoms with Crippen molar-refractivity contribution in [3.05, 3.63) is 147 Å². The van der Waals surface area contributed by atoms with Gasteiger partial charge < -0.3 is 10.1 Å². The zero-order chi connectivity index (χ0) is 29.8. The number of nitrogens with one attached hydrogen (secondary N) is 1. The Kier molecular flexibility index (Phi) is 8.16. The van der Waals surface area contributed by atoms with Gasteiger partial charge in [0, 0.05) is 23.4 Å². The van der Waals surface area contributed by atoms with Crippen molar-refractivity contribution in [1.29, 1.82) is 0 Å². The van der Waals surface area contributed by atoms with Gasteiger partial charge in [0.15, 0.2) is 11.5 Å². The number of ether oxygens (including phenoxy) is 1. The number of carbonyl (C=O) groups excluding carboxylic acids is 2. The molecule has 4 aromatic carbocycles. The molecular formula is C36H30N2O4S. The van der Waals surface area contributed by atoms with Gasteiger partial charge in [-0.15, -0.1) is 11.3 Å². The van der Waals surface area contributed by atoms with Crippen LogP contribution >= 0.6 is 11.3 Å². The Labute approximate surface area is 253 Å². The van der Waals surface area contributed by atoms with Crippen molar-refractivity contribution in [2.24, 2.45) is 0 Å². The van der Waals surface area contributed by atoms with Gasteiger partial charge in [-0.05, 0) is 23.6 Å². The molecule has 0 saturated heterocycles. The van der Waals surface area contributed by atoms with Crippen LogP contribution in [-0.2, 0) is 6.54 Å². The van der Waals surface area contributed by atoms with Crippen LogP contribution < -0.4 is 15.6 Å². The molecule has 7 heteroatoms. The number of para-hydroxylation sites is 1. The molecule has 2 heterocycles. The maximum absolute atomic E-state index is 13.9. The SMILES string of the molecule is COc1c(C(=O)NCCC(c2ccccc2)c2ccccc2)sc2c1c(=O)n(CC(=O)c1ccccc1)c1ccccc21. The number of pyridine rings is 1. The average molecular weight is 587 g/mol. The van der Waals surface area contributed by atoms with Gasteiger partial charge in [0.2, 0.25) is 0 Å². The number of ketones is 1. The Hall–Kier alpha value is -5.01. The van der Waals surface area contributed by atoms with Crippen molar-refractivity contribution in [3.63, 3.8) is 0 Å². The highest BCUT2D eigenvalue weighted by Crippen LogP contribution is 2.39. The normalized spacial score (nSPS) is 11.2. The van der Waals surface area contributed by atoms with Crippen LogP contribution in [0, 0.1) is 0 Å². The van der Waals surface area contributed by atoms with E-state index in [1.165, 1.54) is 34.1 Å². The summed E-state index contributed by atoms with van der Waals surface area (Å²) in [6.45, 7) is 0.307. The molecule has 0 aliphatic heterocycles. The standard InChI is InChI=1S/C36H30N2O4S/c1-42-32-31-33(28-19-11-12-20-29(28)38(36(31)41)23-30(39)26-17-9-4-10-18-26)43-34(32)35(40)37-22-21-27(24-13-5-2-6-14-24)25-15-7-3-8-16-25/h2-20,27H,21-23H2,1H3,(H,37,40). The summed E-state index contributed by atoms with van der Waals surface area (Å²) in [4.78, 5) is 41.0. The highest BCUT2D eigenvalue weighted by molar-refractivity contribution is 7.22. The molecule has 2 aromatic heterocycles. The first-order valence-electron chi connectivity index (χ1n) is 14.1. The van der Waals surface area contributed by atoms with E-state index in [4.69, 9.17) is 4.74 Å². The Morgan fingerprint density at radius 2 is 1.40 bits per heavy atom. The third-order valence-electron chi connectivity index (χ3n) is 7.69. The molecule has 6 rings (SSSR count). The third-order valence-corrected chi connectivity index (χ3v) is 8.90. The summed E-state index contributed by atoms with van der Waals surface area (Å²) < 4.78 is 7.86. The molecule has 0 unspecified atom stereocenters. The fourth-order valence-corrected chi connectivity index (χ4v) is 6.82. The van der Waals surface area contributed by atoms with E-state index in [1.54, 1.807) is 24.3 Å². The lowest BCUT2D eigenvalue weighted by Crippen LogP contribution is -2.26. The molecule has 0 aliphatic rings. The minimum Gasteiger partial charge on any atom is -0.494 e. The van der Waals surface area contributed by atoms with E-state index >= 15 is 0 Å². The number of nitrogens with zero attached hydrogens (tertiary/aromatic N) is 1. The zero-order valence-corrected chi connectivity index (χ0v) is 24.5. The lowest BCUT2D eigenvalue weighted by molar-refractivity contribution is 0.0950. The van der Waals surface area contributed by atoms with E-state index in [0.29, 0.717) is 39.0 Å². The van der Waals surface area contributed by atoms with Crippen LogP contribution in [0.1, 0.15) is 43.5 Å². The molecule has 0 fully saturated rings. The molecule has 1 amide bonds. The van der Waals surface area contributed by atoms with Gasteiger partial charge >= 0.3 is 0 Å². The number of amides is 1. The molecule has 0 aliphatic carbocycles. The maximum atomic E-state index is 13.9. The maximum Gasteiger partial charge on any atom is 0.265 e. The van der Waals surface area contributed by atoms with Crippen LogP contribution in [0.5, 0.6) is 5.75 Å². The highest BCUT2D eigenvalue weighted by atomic mass is 32.1. The van der Waals surface area contributed by atoms with Gasteiger partial charge in [0.1, 0.15) is 10.3 Å². The Morgan fingerprint density at radius 3 is 2.02 bits per heavy atom. The molecule has 0 bridgehead atoms. The topological polar surface area (TPSA) is 77.4 Å². The van der Waals surface area contributed by atoms with Crippen LogP contribution in [0.4, 0.5) is 0 Å². The van der Waals surface area contributed by atoms with Crippen molar-refractivity contribution < 1.29 is 14.3 Å². The van der Waals surface area contributed by atoms with Crippen LogP contribution in [-0.4, -0.2) is 29.9 Å². The third kappa shape index (κ3) is 5.59. The van der Waals surface area contributed by atoms with Crippen molar-refractivity contribution in [1.82, 2.24) is 9.88 Å². The molecule has 214 valence electrons. The van der Waals surface area contributed by atoms with E-state index in [0.717, 1.165) is 5.39 Å². The molecule has 43 heavy (non-hydrogen) atoms. The first kappa shape index (κ1) is 28.1. The van der Waals surface area contributed by atoms with E-state index in [1.807, 2.05) is 66.7 Å². The van der Waals surface area contributed by atoms with E-state index in [-0.39, 0.29) is 35.5 Å². The minimum absolute atomic E-state index is 0.116. The largest absolute Gasteiger partial charge is 0.494 e. The molecule has 6 nitrogen and oxygen atoms in total. The second-order valence-corrected chi connectivity index (χ2v) is 11.3. The number of fused-ring (bicyclic) bond motifs is 3. The summed E-state index contributed by atoms with van der Waals surface area (Å²) in [5.74, 6) is -0.124. The lowest BCUT2D eigenvalue weighted by Gasteiger charge is -2.18. The van der Waals surface area contributed by atoms with Crippen LogP contribution in [0.15, 0.2) is 120 Å². The second kappa shape index (κ2) is 12.5. The number of thiophene rings is 1. The van der Waals surface area contributed by atoms with Crippen molar-refractivity contribution >= 4 is 44.0 Å². The van der Waals surface area contributed by atoms with Gasteiger partial charge in [-0.1, -0.05) is 109 Å².